The summed E-state index contributed by atoms with van der Waals surface area (Å²) in [6.45, 7) is 3.16. The topological polar surface area (TPSA) is 52.7 Å². The first kappa shape index (κ1) is 21.1. The molecular weight excluding hydrogens is 406 g/mol. The van der Waals surface area contributed by atoms with E-state index >= 15 is 0 Å². The summed E-state index contributed by atoms with van der Waals surface area (Å²) in [6, 6.07) is 21.6. The molecule has 1 saturated carbocycles. The molecular formula is C25H27N3O2S. The molecule has 1 aromatic heterocycles. The van der Waals surface area contributed by atoms with Crippen LogP contribution in [0.5, 0.6) is 0 Å². The zero-order valence-corrected chi connectivity index (χ0v) is 18.5. The van der Waals surface area contributed by atoms with Gasteiger partial charge in [-0.1, -0.05) is 54.1 Å². The largest absolute Gasteiger partial charge is 0.332 e. The van der Waals surface area contributed by atoms with Gasteiger partial charge in [0.15, 0.2) is 0 Å². The van der Waals surface area contributed by atoms with Crippen LogP contribution in [-0.2, 0) is 17.9 Å². The molecule has 1 fully saturated rings. The number of anilines is 1. The van der Waals surface area contributed by atoms with E-state index in [9.17, 15) is 9.59 Å². The highest BCUT2D eigenvalue weighted by Gasteiger charge is 2.35. The van der Waals surface area contributed by atoms with Gasteiger partial charge < -0.3 is 15.1 Å². The summed E-state index contributed by atoms with van der Waals surface area (Å²) in [6.07, 6.45) is 1.89. The molecule has 6 heteroatoms. The molecule has 0 saturated heterocycles. The number of aryl methyl sites for hydroxylation is 1. The Hall–Kier alpha value is -3.12. The highest BCUT2D eigenvalue weighted by atomic mass is 32.1. The van der Waals surface area contributed by atoms with Gasteiger partial charge in [0, 0.05) is 23.2 Å². The second-order valence-corrected chi connectivity index (χ2v) is 9.00. The second kappa shape index (κ2) is 9.79. The summed E-state index contributed by atoms with van der Waals surface area (Å²) in [4.78, 5) is 30.9. The minimum Gasteiger partial charge on any atom is -0.332 e. The number of thiophene rings is 1. The Morgan fingerprint density at radius 2 is 1.71 bits per heavy atom. The zero-order chi connectivity index (χ0) is 21.6. The van der Waals surface area contributed by atoms with Crippen molar-refractivity contribution in [3.63, 3.8) is 0 Å². The third kappa shape index (κ3) is 5.95. The Labute approximate surface area is 187 Å². The van der Waals surface area contributed by atoms with E-state index in [1.165, 1.54) is 0 Å². The number of rotatable bonds is 8. The van der Waals surface area contributed by atoms with Crippen LogP contribution in [0.25, 0.3) is 0 Å². The number of nitrogens with zero attached hydrogens (tertiary/aromatic N) is 2. The van der Waals surface area contributed by atoms with Gasteiger partial charge >= 0.3 is 6.03 Å². The van der Waals surface area contributed by atoms with Gasteiger partial charge in [-0.2, -0.15) is 0 Å². The van der Waals surface area contributed by atoms with Gasteiger partial charge in [-0.05, 0) is 48.9 Å². The molecule has 4 rings (SSSR count). The van der Waals surface area contributed by atoms with Gasteiger partial charge in [-0.3, -0.25) is 4.79 Å². The van der Waals surface area contributed by atoms with Crippen molar-refractivity contribution in [1.29, 1.82) is 0 Å². The van der Waals surface area contributed by atoms with Crippen LogP contribution >= 0.6 is 11.3 Å². The monoisotopic (exact) mass is 433 g/mol. The Kier molecular flexibility index (Phi) is 6.67. The zero-order valence-electron chi connectivity index (χ0n) is 17.7. The quantitative estimate of drug-likeness (QED) is 0.525. The van der Waals surface area contributed by atoms with Crippen molar-refractivity contribution in [1.82, 2.24) is 9.80 Å². The molecule has 0 spiro atoms. The van der Waals surface area contributed by atoms with Crippen LogP contribution in [0.1, 0.15) is 28.8 Å². The minimum absolute atomic E-state index is 0.0387. The highest BCUT2D eigenvalue weighted by molar-refractivity contribution is 7.09. The fourth-order valence-corrected chi connectivity index (χ4v) is 4.18. The van der Waals surface area contributed by atoms with E-state index in [0.717, 1.165) is 34.5 Å². The van der Waals surface area contributed by atoms with E-state index in [-0.39, 0.29) is 24.5 Å². The maximum atomic E-state index is 13.3. The Balaban J connectivity index is 1.46. The summed E-state index contributed by atoms with van der Waals surface area (Å²) in [7, 11) is 0. The van der Waals surface area contributed by atoms with E-state index in [0.29, 0.717) is 13.1 Å². The maximum absolute atomic E-state index is 13.3. The van der Waals surface area contributed by atoms with Crippen LogP contribution in [-0.4, -0.2) is 34.3 Å². The smallest absolute Gasteiger partial charge is 0.322 e. The number of carbonyl (C=O) groups is 2. The number of hydrogen-bond acceptors (Lipinski definition) is 3. The minimum atomic E-state index is -0.213. The molecule has 3 amide bonds. The second-order valence-electron chi connectivity index (χ2n) is 7.97. The molecule has 1 N–H and O–H groups in total. The molecule has 1 aliphatic rings. The van der Waals surface area contributed by atoms with Gasteiger partial charge in [0.05, 0.1) is 6.54 Å². The lowest BCUT2D eigenvalue weighted by Gasteiger charge is -2.28. The molecule has 0 radical (unpaired) electrons. The lowest BCUT2D eigenvalue weighted by atomic mass is 10.2. The molecule has 160 valence electrons. The Bertz CT molecular complexity index is 999. The first-order valence-electron chi connectivity index (χ1n) is 10.6. The van der Waals surface area contributed by atoms with Crippen LogP contribution in [0.3, 0.4) is 0 Å². The number of benzene rings is 2. The lowest BCUT2D eigenvalue weighted by molar-refractivity contribution is -0.133. The van der Waals surface area contributed by atoms with Crippen LogP contribution in [0, 0.1) is 6.92 Å². The third-order valence-electron chi connectivity index (χ3n) is 5.35. The normalized spacial score (nSPS) is 12.9. The van der Waals surface area contributed by atoms with Crippen LogP contribution < -0.4 is 5.32 Å². The van der Waals surface area contributed by atoms with Crippen LogP contribution in [0.2, 0.25) is 0 Å². The van der Waals surface area contributed by atoms with E-state index < -0.39 is 0 Å². The summed E-state index contributed by atoms with van der Waals surface area (Å²) in [5.41, 5.74) is 2.96. The lowest BCUT2D eigenvalue weighted by Crippen LogP contribution is -2.45. The van der Waals surface area contributed by atoms with Crippen LogP contribution in [0.4, 0.5) is 10.5 Å². The SMILES string of the molecule is Cc1ccc(NC(=O)N(CC(=O)N(Cc2ccccc2)Cc2cccs2)C2CC2)cc1. The molecule has 0 bridgehead atoms. The molecule has 0 atom stereocenters. The van der Waals surface area contributed by atoms with E-state index in [1.54, 1.807) is 16.2 Å². The van der Waals surface area contributed by atoms with Gasteiger partial charge in [-0.15, -0.1) is 11.3 Å². The fraction of sp³-hybridized carbons (Fsp3) is 0.280. The van der Waals surface area contributed by atoms with Gasteiger partial charge in [0.25, 0.3) is 0 Å². The van der Waals surface area contributed by atoms with Gasteiger partial charge in [0.1, 0.15) is 6.54 Å². The van der Waals surface area contributed by atoms with Crippen molar-refractivity contribution in [3.05, 3.63) is 88.1 Å². The Morgan fingerprint density at radius 1 is 0.968 bits per heavy atom. The predicted octanol–water partition coefficient (Wildman–Crippen LogP) is 5.28. The van der Waals surface area contributed by atoms with Crippen molar-refractivity contribution >= 4 is 29.0 Å². The van der Waals surface area contributed by atoms with Crippen molar-refractivity contribution in [2.45, 2.75) is 38.9 Å². The van der Waals surface area contributed by atoms with E-state index in [4.69, 9.17) is 0 Å². The molecule has 0 unspecified atom stereocenters. The molecule has 5 nitrogen and oxygen atoms in total. The number of carbonyl (C=O) groups excluding carboxylic acids is 2. The van der Waals surface area contributed by atoms with Gasteiger partial charge in [-0.25, -0.2) is 4.79 Å². The molecule has 2 aromatic carbocycles. The fourth-order valence-electron chi connectivity index (χ4n) is 3.46. The first-order chi connectivity index (χ1) is 15.1. The summed E-state index contributed by atoms with van der Waals surface area (Å²) < 4.78 is 0. The predicted molar refractivity (Wildman–Crippen MR) is 125 cm³/mol. The Morgan fingerprint density at radius 3 is 2.35 bits per heavy atom. The maximum Gasteiger partial charge on any atom is 0.322 e. The van der Waals surface area contributed by atoms with Crippen molar-refractivity contribution < 1.29 is 9.59 Å². The van der Waals surface area contributed by atoms with Gasteiger partial charge in [0.2, 0.25) is 5.91 Å². The first-order valence-corrected chi connectivity index (χ1v) is 11.4. The molecule has 31 heavy (non-hydrogen) atoms. The van der Waals surface area contributed by atoms with Crippen molar-refractivity contribution in [3.8, 4) is 0 Å². The molecule has 0 aliphatic heterocycles. The van der Waals surface area contributed by atoms with Crippen molar-refractivity contribution in [2.24, 2.45) is 0 Å². The number of amides is 3. The van der Waals surface area contributed by atoms with Crippen molar-refractivity contribution in [2.75, 3.05) is 11.9 Å². The summed E-state index contributed by atoms with van der Waals surface area (Å²) >= 11 is 1.64. The number of urea groups is 1. The van der Waals surface area contributed by atoms with Crippen LogP contribution in [0.15, 0.2) is 72.1 Å². The number of nitrogens with one attached hydrogen (secondary N) is 1. The highest BCUT2D eigenvalue weighted by Crippen LogP contribution is 2.28. The molecule has 1 aliphatic carbocycles. The average Bonchev–Trinajstić information content (AvgIpc) is 3.49. The number of hydrogen-bond donors (Lipinski definition) is 1. The molecule has 3 aromatic rings. The summed E-state index contributed by atoms with van der Waals surface area (Å²) in [5, 5.41) is 4.97. The molecule has 1 heterocycles. The summed E-state index contributed by atoms with van der Waals surface area (Å²) in [5.74, 6) is -0.0387. The third-order valence-corrected chi connectivity index (χ3v) is 6.21. The standard InChI is InChI=1S/C25H27N3O2S/c1-19-9-11-21(12-10-19)26-25(30)28(22-13-14-22)18-24(29)27(17-23-8-5-15-31-23)16-20-6-3-2-4-7-20/h2-12,15,22H,13-14,16-18H2,1H3,(H,26,30). The van der Waals surface area contributed by atoms with E-state index in [2.05, 4.69) is 5.32 Å². The van der Waals surface area contributed by atoms with E-state index in [1.807, 2.05) is 83.9 Å². The average molecular weight is 434 g/mol.